The number of aryl methyl sites for hydroxylation is 1. The molecule has 0 spiro atoms. The van der Waals surface area contributed by atoms with Gasteiger partial charge in [0.15, 0.2) is 0 Å². The molecule has 0 aromatic carbocycles. The van der Waals surface area contributed by atoms with Crippen LogP contribution in [0, 0.1) is 12.8 Å². The van der Waals surface area contributed by atoms with Gasteiger partial charge in [0.1, 0.15) is 11.2 Å². The highest BCUT2D eigenvalue weighted by Gasteiger charge is 2.16. The Kier molecular flexibility index (Phi) is 4.37. The van der Waals surface area contributed by atoms with Crippen LogP contribution in [0.3, 0.4) is 0 Å². The molecule has 2 aromatic rings. The minimum atomic E-state index is -0.646. The Morgan fingerprint density at radius 1 is 1.48 bits per heavy atom. The molecule has 0 aliphatic rings. The third-order valence-electron chi connectivity index (χ3n) is 3.41. The number of fused-ring (bicyclic) bond motifs is 1. The predicted molar refractivity (Wildman–Crippen MR) is 79.4 cm³/mol. The lowest BCUT2D eigenvalue weighted by molar-refractivity contribution is 0.0869. The number of amides is 1. The zero-order valence-corrected chi connectivity index (χ0v) is 12.3. The molecule has 0 radical (unpaired) electrons. The molecular formula is C15H19N3O3. The second-order valence-electron chi connectivity index (χ2n) is 5.38. The summed E-state index contributed by atoms with van der Waals surface area (Å²) in [6, 6.07) is 3.58. The van der Waals surface area contributed by atoms with Crippen molar-refractivity contribution in [1.29, 1.82) is 0 Å². The summed E-state index contributed by atoms with van der Waals surface area (Å²) in [6.07, 6.45) is 2.21. The van der Waals surface area contributed by atoms with Gasteiger partial charge in [0.2, 0.25) is 0 Å². The van der Waals surface area contributed by atoms with Gasteiger partial charge < -0.3 is 10.4 Å². The normalized spacial score (nSPS) is 12.6. The van der Waals surface area contributed by atoms with E-state index in [-0.39, 0.29) is 18.0 Å². The van der Waals surface area contributed by atoms with Crippen LogP contribution >= 0.6 is 0 Å². The van der Waals surface area contributed by atoms with E-state index < -0.39 is 17.6 Å². The number of rotatable bonds is 4. The van der Waals surface area contributed by atoms with E-state index in [2.05, 4.69) is 10.3 Å². The number of nitrogens with zero attached hydrogens (tertiary/aromatic N) is 2. The first-order valence-electron chi connectivity index (χ1n) is 6.85. The van der Waals surface area contributed by atoms with E-state index in [0.717, 1.165) is 5.56 Å². The molecule has 0 fully saturated rings. The van der Waals surface area contributed by atoms with Gasteiger partial charge in [-0.3, -0.25) is 14.0 Å². The number of aliphatic hydroxyl groups excluding tert-OH is 1. The fourth-order valence-corrected chi connectivity index (χ4v) is 1.93. The zero-order valence-electron chi connectivity index (χ0n) is 12.3. The number of carbonyl (C=O) groups excluding carboxylic acids is 1. The molecule has 112 valence electrons. The third kappa shape index (κ3) is 3.11. The van der Waals surface area contributed by atoms with Gasteiger partial charge in [-0.15, -0.1) is 0 Å². The van der Waals surface area contributed by atoms with Crippen LogP contribution in [0.4, 0.5) is 0 Å². The van der Waals surface area contributed by atoms with Crippen LogP contribution in [0.25, 0.3) is 5.65 Å². The molecule has 6 heteroatoms. The Morgan fingerprint density at radius 3 is 2.86 bits per heavy atom. The highest BCUT2D eigenvalue weighted by atomic mass is 16.3. The van der Waals surface area contributed by atoms with Crippen molar-refractivity contribution in [2.75, 3.05) is 6.54 Å². The number of nitrogens with one attached hydrogen (secondary N) is 1. The second-order valence-corrected chi connectivity index (χ2v) is 5.38. The van der Waals surface area contributed by atoms with E-state index in [1.165, 1.54) is 10.6 Å². The van der Waals surface area contributed by atoms with Crippen molar-refractivity contribution in [2.45, 2.75) is 26.9 Å². The van der Waals surface area contributed by atoms with Crippen LogP contribution in [0.2, 0.25) is 0 Å². The molecule has 0 saturated heterocycles. The third-order valence-corrected chi connectivity index (χ3v) is 3.41. The summed E-state index contributed by atoms with van der Waals surface area (Å²) in [5.74, 6) is -0.494. The van der Waals surface area contributed by atoms with E-state index in [0.29, 0.717) is 5.65 Å². The molecular weight excluding hydrogens is 270 g/mol. The molecule has 2 N–H and O–H groups in total. The summed E-state index contributed by atoms with van der Waals surface area (Å²) < 4.78 is 1.35. The average Bonchev–Trinajstić information content (AvgIpc) is 2.45. The highest BCUT2D eigenvalue weighted by molar-refractivity contribution is 5.93. The summed E-state index contributed by atoms with van der Waals surface area (Å²) in [6.45, 7) is 5.66. The molecule has 1 amide bonds. The van der Waals surface area contributed by atoms with Crippen molar-refractivity contribution in [1.82, 2.24) is 14.7 Å². The molecule has 0 bridgehead atoms. The minimum absolute atomic E-state index is 0.0313. The van der Waals surface area contributed by atoms with Gasteiger partial charge in [-0.05, 0) is 24.5 Å². The molecule has 0 saturated carbocycles. The first kappa shape index (κ1) is 15.2. The van der Waals surface area contributed by atoms with Crippen LogP contribution in [0.1, 0.15) is 29.8 Å². The average molecular weight is 289 g/mol. The quantitative estimate of drug-likeness (QED) is 0.870. The number of aromatic nitrogens is 2. The van der Waals surface area contributed by atoms with Gasteiger partial charge in [0, 0.05) is 18.9 Å². The molecule has 2 aromatic heterocycles. The van der Waals surface area contributed by atoms with Gasteiger partial charge >= 0.3 is 0 Å². The van der Waals surface area contributed by atoms with Crippen molar-refractivity contribution in [3.8, 4) is 0 Å². The second kappa shape index (κ2) is 6.05. The Bertz CT molecular complexity index is 722. The minimum Gasteiger partial charge on any atom is -0.391 e. The van der Waals surface area contributed by atoms with Gasteiger partial charge in [-0.25, -0.2) is 4.98 Å². The van der Waals surface area contributed by atoms with Crippen molar-refractivity contribution < 1.29 is 9.90 Å². The van der Waals surface area contributed by atoms with Crippen LogP contribution in [-0.4, -0.2) is 33.0 Å². The predicted octanol–water partition coefficient (Wildman–Crippen LogP) is 0.750. The number of carbonyl (C=O) groups is 1. The summed E-state index contributed by atoms with van der Waals surface area (Å²) >= 11 is 0. The van der Waals surface area contributed by atoms with Crippen molar-refractivity contribution in [3.05, 3.63) is 46.0 Å². The number of hydrogen-bond acceptors (Lipinski definition) is 4. The Hall–Kier alpha value is -2.21. The maximum Gasteiger partial charge on any atom is 0.270 e. The Morgan fingerprint density at radius 2 is 2.19 bits per heavy atom. The summed E-state index contributed by atoms with van der Waals surface area (Å²) in [4.78, 5) is 28.5. The number of hydrogen-bond donors (Lipinski definition) is 2. The van der Waals surface area contributed by atoms with Crippen LogP contribution in [0.15, 0.2) is 29.3 Å². The van der Waals surface area contributed by atoms with Gasteiger partial charge in [0.25, 0.3) is 11.5 Å². The molecule has 21 heavy (non-hydrogen) atoms. The molecule has 1 unspecified atom stereocenters. The van der Waals surface area contributed by atoms with Gasteiger partial charge in [0.05, 0.1) is 6.10 Å². The van der Waals surface area contributed by atoms with E-state index in [1.807, 2.05) is 26.8 Å². The van der Waals surface area contributed by atoms with Crippen molar-refractivity contribution in [2.24, 2.45) is 5.92 Å². The standard InChI is InChI=1S/C15H19N3O3/c1-9(2)12(19)8-17-14(20)11-7-16-13-10(3)5-4-6-18(13)15(11)21/h4-7,9,12,19H,8H2,1-3H3,(H,17,20). The largest absolute Gasteiger partial charge is 0.391 e. The topological polar surface area (TPSA) is 83.7 Å². The monoisotopic (exact) mass is 289 g/mol. The first-order chi connectivity index (χ1) is 9.91. The lowest BCUT2D eigenvalue weighted by Gasteiger charge is -2.15. The van der Waals surface area contributed by atoms with Gasteiger partial charge in [-0.2, -0.15) is 0 Å². The van der Waals surface area contributed by atoms with E-state index in [1.54, 1.807) is 12.3 Å². The SMILES string of the molecule is Cc1cccn2c(=O)c(C(=O)NCC(O)C(C)C)cnc12. The van der Waals surface area contributed by atoms with E-state index in [9.17, 15) is 14.7 Å². The fraction of sp³-hybridized carbons (Fsp3) is 0.400. The number of aliphatic hydroxyl groups is 1. The van der Waals surface area contributed by atoms with Crippen molar-refractivity contribution >= 4 is 11.6 Å². The Labute approximate surface area is 122 Å². The highest BCUT2D eigenvalue weighted by Crippen LogP contribution is 2.05. The lowest BCUT2D eigenvalue weighted by Crippen LogP contribution is -2.37. The molecule has 0 aliphatic carbocycles. The zero-order chi connectivity index (χ0) is 15.6. The molecule has 2 heterocycles. The lowest BCUT2D eigenvalue weighted by atomic mass is 10.1. The summed E-state index contributed by atoms with van der Waals surface area (Å²) in [7, 11) is 0. The smallest absolute Gasteiger partial charge is 0.270 e. The van der Waals surface area contributed by atoms with Crippen LogP contribution in [0.5, 0.6) is 0 Å². The van der Waals surface area contributed by atoms with E-state index >= 15 is 0 Å². The van der Waals surface area contributed by atoms with E-state index in [4.69, 9.17) is 0 Å². The molecule has 2 rings (SSSR count). The molecule has 6 nitrogen and oxygen atoms in total. The molecule has 1 atom stereocenters. The molecule has 0 aliphatic heterocycles. The number of pyridine rings is 1. The Balaban J connectivity index is 2.29. The van der Waals surface area contributed by atoms with Crippen molar-refractivity contribution in [3.63, 3.8) is 0 Å². The maximum absolute atomic E-state index is 12.3. The van der Waals surface area contributed by atoms with Crippen LogP contribution in [-0.2, 0) is 0 Å². The summed E-state index contributed by atoms with van der Waals surface area (Å²) in [5.41, 5.74) is 0.937. The first-order valence-corrected chi connectivity index (χ1v) is 6.85. The van der Waals surface area contributed by atoms with Crippen LogP contribution < -0.4 is 10.9 Å². The van der Waals surface area contributed by atoms with Gasteiger partial charge in [-0.1, -0.05) is 19.9 Å². The fourth-order valence-electron chi connectivity index (χ4n) is 1.93. The maximum atomic E-state index is 12.3. The summed E-state index contributed by atoms with van der Waals surface area (Å²) in [5, 5.41) is 12.2.